The Morgan fingerprint density at radius 1 is 1.25 bits per heavy atom. The van der Waals surface area contributed by atoms with Crippen molar-refractivity contribution < 1.29 is 4.42 Å². The number of anilines is 1. The highest BCUT2D eigenvalue weighted by Crippen LogP contribution is 2.26. The van der Waals surface area contributed by atoms with E-state index in [1.54, 1.807) is 6.26 Å². The molecule has 4 heteroatoms. The summed E-state index contributed by atoms with van der Waals surface area (Å²) in [5, 5.41) is 3.45. The fourth-order valence-corrected chi connectivity index (χ4v) is 2.84. The topological polar surface area (TPSA) is 53.9 Å². The van der Waals surface area contributed by atoms with E-state index >= 15 is 0 Å². The summed E-state index contributed by atoms with van der Waals surface area (Å²) in [5.74, 6) is 2.03. The third kappa shape index (κ3) is 2.07. The lowest BCUT2D eigenvalue weighted by atomic mass is 10.0. The summed E-state index contributed by atoms with van der Waals surface area (Å²) in [6.45, 7) is 1.06. The van der Waals surface area contributed by atoms with E-state index < -0.39 is 0 Å². The molecular formula is C16H17N3O. The van der Waals surface area contributed by atoms with Crippen molar-refractivity contribution in [1.82, 2.24) is 9.97 Å². The highest BCUT2D eigenvalue weighted by atomic mass is 16.3. The molecule has 0 saturated heterocycles. The van der Waals surface area contributed by atoms with Gasteiger partial charge in [-0.05, 0) is 42.7 Å². The van der Waals surface area contributed by atoms with Gasteiger partial charge in [0, 0.05) is 25.1 Å². The lowest BCUT2D eigenvalue weighted by Gasteiger charge is -2.17. The number of nitrogens with one attached hydrogen (secondary N) is 2. The highest BCUT2D eigenvalue weighted by molar-refractivity contribution is 5.81. The molecule has 1 aromatic carbocycles. The smallest absolute Gasteiger partial charge is 0.107 e. The molecular weight excluding hydrogens is 250 g/mol. The molecule has 1 aliphatic rings. The molecule has 3 heterocycles. The molecule has 0 bridgehead atoms. The summed E-state index contributed by atoms with van der Waals surface area (Å²) in [5.41, 5.74) is 4.83. The minimum atomic E-state index is 0.875. The lowest BCUT2D eigenvalue weighted by Crippen LogP contribution is -2.11. The van der Waals surface area contributed by atoms with E-state index in [9.17, 15) is 0 Å². The number of nitrogens with zero attached hydrogens (tertiary/aromatic N) is 1. The fraction of sp³-hybridized carbons (Fsp3) is 0.312. The number of rotatable bonds is 3. The number of hydrogen-bond donors (Lipinski definition) is 2. The molecule has 0 aliphatic carbocycles. The molecule has 102 valence electrons. The average molecular weight is 267 g/mol. The number of aryl methyl sites for hydroxylation is 3. The largest absolute Gasteiger partial charge is 0.469 e. The SMILES string of the molecule is c1coc(CCc2nc3cc4c(cc3[nH]2)CCCN4)c1. The summed E-state index contributed by atoms with van der Waals surface area (Å²) in [7, 11) is 0. The van der Waals surface area contributed by atoms with Gasteiger partial charge in [-0.25, -0.2) is 4.98 Å². The van der Waals surface area contributed by atoms with Gasteiger partial charge < -0.3 is 14.7 Å². The molecule has 2 aromatic heterocycles. The number of aromatic nitrogens is 2. The maximum atomic E-state index is 5.36. The highest BCUT2D eigenvalue weighted by Gasteiger charge is 2.12. The van der Waals surface area contributed by atoms with Crippen LogP contribution >= 0.6 is 0 Å². The third-order valence-corrected chi connectivity index (χ3v) is 3.88. The summed E-state index contributed by atoms with van der Waals surface area (Å²) in [4.78, 5) is 8.11. The van der Waals surface area contributed by atoms with E-state index in [4.69, 9.17) is 4.42 Å². The molecule has 4 nitrogen and oxygen atoms in total. The van der Waals surface area contributed by atoms with Gasteiger partial charge in [0.25, 0.3) is 0 Å². The summed E-state index contributed by atoms with van der Waals surface area (Å²) in [6, 6.07) is 8.33. The number of hydrogen-bond acceptors (Lipinski definition) is 3. The van der Waals surface area contributed by atoms with Crippen LogP contribution in [0.1, 0.15) is 23.6 Å². The fourth-order valence-electron chi connectivity index (χ4n) is 2.84. The van der Waals surface area contributed by atoms with Gasteiger partial charge in [0.15, 0.2) is 0 Å². The minimum Gasteiger partial charge on any atom is -0.469 e. The Balaban J connectivity index is 1.61. The first kappa shape index (κ1) is 11.6. The van der Waals surface area contributed by atoms with Crippen LogP contribution in [0.2, 0.25) is 0 Å². The van der Waals surface area contributed by atoms with Crippen molar-refractivity contribution >= 4 is 16.7 Å². The van der Waals surface area contributed by atoms with Crippen LogP contribution in [0, 0.1) is 0 Å². The van der Waals surface area contributed by atoms with Crippen LogP contribution < -0.4 is 5.32 Å². The number of imidazole rings is 1. The normalized spacial score (nSPS) is 14.2. The third-order valence-electron chi connectivity index (χ3n) is 3.88. The van der Waals surface area contributed by atoms with Gasteiger partial charge in [0.2, 0.25) is 0 Å². The van der Waals surface area contributed by atoms with Crippen LogP contribution in [0.15, 0.2) is 34.9 Å². The first-order valence-electron chi connectivity index (χ1n) is 7.16. The van der Waals surface area contributed by atoms with Crippen LogP contribution in [0.4, 0.5) is 5.69 Å². The first-order valence-corrected chi connectivity index (χ1v) is 7.16. The van der Waals surface area contributed by atoms with Crippen molar-refractivity contribution in [2.75, 3.05) is 11.9 Å². The molecule has 0 unspecified atom stereocenters. The van der Waals surface area contributed by atoms with E-state index in [2.05, 4.69) is 27.4 Å². The molecule has 1 aliphatic heterocycles. The maximum absolute atomic E-state index is 5.36. The number of fused-ring (bicyclic) bond motifs is 2. The van der Waals surface area contributed by atoms with Crippen molar-refractivity contribution in [3.8, 4) is 0 Å². The Bertz CT molecular complexity index is 685. The standard InChI is InChI=1S/C16H17N3O/c1-3-11-9-14-15(10-13(11)17-7-1)19-16(18-14)6-5-12-4-2-8-20-12/h2,4,8-10,17H,1,3,5-7H2,(H,18,19). The van der Waals surface area contributed by atoms with Gasteiger partial charge in [-0.2, -0.15) is 0 Å². The van der Waals surface area contributed by atoms with E-state index in [1.165, 1.54) is 17.7 Å². The maximum Gasteiger partial charge on any atom is 0.107 e. The van der Waals surface area contributed by atoms with Crippen LogP contribution in [-0.4, -0.2) is 16.5 Å². The van der Waals surface area contributed by atoms with Crippen molar-refractivity contribution in [3.63, 3.8) is 0 Å². The molecule has 20 heavy (non-hydrogen) atoms. The quantitative estimate of drug-likeness (QED) is 0.765. The summed E-state index contributed by atoms with van der Waals surface area (Å²) in [6.07, 6.45) is 5.83. The van der Waals surface area contributed by atoms with E-state index in [0.29, 0.717) is 0 Å². The number of H-pyrrole nitrogens is 1. The van der Waals surface area contributed by atoms with E-state index in [0.717, 1.165) is 48.4 Å². The van der Waals surface area contributed by atoms with E-state index in [-0.39, 0.29) is 0 Å². The van der Waals surface area contributed by atoms with Crippen LogP contribution in [0.25, 0.3) is 11.0 Å². The van der Waals surface area contributed by atoms with Gasteiger partial charge in [-0.1, -0.05) is 0 Å². The zero-order chi connectivity index (χ0) is 13.4. The Morgan fingerprint density at radius 3 is 3.15 bits per heavy atom. The van der Waals surface area contributed by atoms with Gasteiger partial charge in [-0.15, -0.1) is 0 Å². The molecule has 3 aromatic rings. The Hall–Kier alpha value is -2.23. The van der Waals surface area contributed by atoms with Crippen molar-refractivity contribution in [3.05, 3.63) is 47.7 Å². The molecule has 0 amide bonds. The van der Waals surface area contributed by atoms with Crippen molar-refractivity contribution in [2.24, 2.45) is 0 Å². The number of aromatic amines is 1. The first-order chi connectivity index (χ1) is 9.88. The number of benzene rings is 1. The predicted molar refractivity (Wildman–Crippen MR) is 79.0 cm³/mol. The molecule has 0 atom stereocenters. The van der Waals surface area contributed by atoms with Gasteiger partial charge in [-0.3, -0.25) is 0 Å². The van der Waals surface area contributed by atoms with Gasteiger partial charge in [0.1, 0.15) is 11.6 Å². The Labute approximate surface area is 117 Å². The Kier molecular flexibility index (Phi) is 2.73. The molecule has 0 saturated carbocycles. The summed E-state index contributed by atoms with van der Waals surface area (Å²) >= 11 is 0. The van der Waals surface area contributed by atoms with Crippen molar-refractivity contribution in [2.45, 2.75) is 25.7 Å². The van der Waals surface area contributed by atoms with Crippen LogP contribution in [0.3, 0.4) is 0 Å². The zero-order valence-electron chi connectivity index (χ0n) is 11.3. The molecule has 2 N–H and O–H groups in total. The number of furan rings is 1. The van der Waals surface area contributed by atoms with Crippen LogP contribution in [0.5, 0.6) is 0 Å². The molecule has 0 fully saturated rings. The lowest BCUT2D eigenvalue weighted by molar-refractivity contribution is 0.507. The van der Waals surface area contributed by atoms with E-state index in [1.807, 2.05) is 12.1 Å². The molecule has 4 rings (SSSR count). The second-order valence-corrected chi connectivity index (χ2v) is 5.32. The second-order valence-electron chi connectivity index (χ2n) is 5.32. The van der Waals surface area contributed by atoms with Gasteiger partial charge in [0.05, 0.1) is 17.3 Å². The summed E-state index contributed by atoms with van der Waals surface area (Å²) < 4.78 is 5.36. The van der Waals surface area contributed by atoms with Crippen molar-refractivity contribution in [1.29, 1.82) is 0 Å². The van der Waals surface area contributed by atoms with Gasteiger partial charge >= 0.3 is 0 Å². The Morgan fingerprint density at radius 2 is 2.25 bits per heavy atom. The zero-order valence-corrected chi connectivity index (χ0v) is 11.3. The minimum absolute atomic E-state index is 0.875. The average Bonchev–Trinajstić information content (AvgIpc) is 3.11. The van der Waals surface area contributed by atoms with Crippen LogP contribution in [-0.2, 0) is 19.3 Å². The molecule has 0 spiro atoms. The second kappa shape index (κ2) is 4.71. The monoisotopic (exact) mass is 267 g/mol. The predicted octanol–water partition coefficient (Wildman–Crippen LogP) is 3.30. The molecule has 0 radical (unpaired) electrons.